The van der Waals surface area contributed by atoms with Gasteiger partial charge in [-0.25, -0.2) is 4.98 Å². The van der Waals surface area contributed by atoms with Gasteiger partial charge in [0.1, 0.15) is 11.6 Å². The average Bonchev–Trinajstić information content (AvgIpc) is 2.70. The molecule has 0 atom stereocenters. The number of amides is 2. The molecule has 3 rings (SSSR count). The summed E-state index contributed by atoms with van der Waals surface area (Å²) >= 11 is 0. The molecular formula is C20H17N3O3. The Morgan fingerprint density at radius 2 is 1.58 bits per heavy atom. The Morgan fingerprint density at radius 1 is 0.846 bits per heavy atom. The predicted octanol–water partition coefficient (Wildman–Crippen LogP) is 3.59. The number of benzene rings is 2. The van der Waals surface area contributed by atoms with Crippen LogP contribution < -0.4 is 15.4 Å². The van der Waals surface area contributed by atoms with Gasteiger partial charge in [0.25, 0.3) is 11.8 Å². The minimum atomic E-state index is -0.272. The Hall–Kier alpha value is -3.67. The Balaban J connectivity index is 1.64. The number of nitrogens with one attached hydrogen (secondary N) is 2. The van der Waals surface area contributed by atoms with Crippen LogP contribution in [-0.4, -0.2) is 23.9 Å². The van der Waals surface area contributed by atoms with E-state index in [0.29, 0.717) is 28.4 Å². The molecule has 0 aliphatic rings. The van der Waals surface area contributed by atoms with Crippen molar-refractivity contribution in [2.75, 3.05) is 17.7 Å². The van der Waals surface area contributed by atoms with Gasteiger partial charge in [0.05, 0.1) is 19.0 Å². The maximum atomic E-state index is 12.3. The molecule has 1 aromatic heterocycles. The Morgan fingerprint density at radius 3 is 2.27 bits per heavy atom. The standard InChI is InChI=1S/C20H17N3O3/c1-26-17-9-5-8-15(12-17)20(25)22-16-10-11-18(21-13-16)23-19(24)14-6-3-2-4-7-14/h2-13H,1H3,(H,22,25)(H,21,23,24). The maximum Gasteiger partial charge on any atom is 0.256 e. The van der Waals surface area contributed by atoms with Crippen LogP contribution in [-0.2, 0) is 0 Å². The van der Waals surface area contributed by atoms with Gasteiger partial charge in [0.15, 0.2) is 0 Å². The average molecular weight is 347 g/mol. The third-order valence-corrected chi connectivity index (χ3v) is 3.63. The summed E-state index contributed by atoms with van der Waals surface area (Å²) in [7, 11) is 1.55. The first-order chi connectivity index (χ1) is 12.7. The van der Waals surface area contributed by atoms with Gasteiger partial charge in [-0.2, -0.15) is 0 Å². The molecular weight excluding hydrogens is 330 g/mol. The summed E-state index contributed by atoms with van der Waals surface area (Å²) in [5, 5.41) is 5.46. The van der Waals surface area contributed by atoms with Crippen LogP contribution in [0.3, 0.4) is 0 Å². The lowest BCUT2D eigenvalue weighted by atomic mass is 10.2. The summed E-state index contributed by atoms with van der Waals surface area (Å²) in [5.74, 6) is 0.492. The molecule has 3 aromatic rings. The van der Waals surface area contributed by atoms with Gasteiger partial charge < -0.3 is 15.4 Å². The quantitative estimate of drug-likeness (QED) is 0.739. The monoisotopic (exact) mass is 347 g/mol. The van der Waals surface area contributed by atoms with Crippen molar-refractivity contribution in [1.29, 1.82) is 0 Å². The van der Waals surface area contributed by atoms with Crippen LogP contribution in [0.15, 0.2) is 72.9 Å². The fraction of sp³-hybridized carbons (Fsp3) is 0.0500. The first-order valence-corrected chi connectivity index (χ1v) is 7.93. The molecule has 6 nitrogen and oxygen atoms in total. The highest BCUT2D eigenvalue weighted by molar-refractivity contribution is 6.05. The van der Waals surface area contributed by atoms with Crippen LogP contribution in [0.5, 0.6) is 5.75 Å². The molecule has 130 valence electrons. The Kier molecular flexibility index (Phi) is 5.24. The van der Waals surface area contributed by atoms with Crippen LogP contribution in [0, 0.1) is 0 Å². The number of methoxy groups -OCH3 is 1. The molecule has 0 aliphatic carbocycles. The van der Waals surface area contributed by atoms with Gasteiger partial charge in [0, 0.05) is 11.1 Å². The molecule has 26 heavy (non-hydrogen) atoms. The van der Waals surface area contributed by atoms with Crippen LogP contribution in [0.2, 0.25) is 0 Å². The Bertz CT molecular complexity index is 909. The van der Waals surface area contributed by atoms with E-state index in [-0.39, 0.29) is 11.8 Å². The summed E-state index contributed by atoms with van der Waals surface area (Å²) in [6.07, 6.45) is 1.48. The van der Waals surface area contributed by atoms with E-state index in [1.165, 1.54) is 6.20 Å². The first kappa shape index (κ1) is 17.2. The van der Waals surface area contributed by atoms with Gasteiger partial charge in [-0.3, -0.25) is 9.59 Å². The third kappa shape index (κ3) is 4.24. The Labute approximate surface area is 150 Å². The molecule has 2 amide bonds. The van der Waals surface area contributed by atoms with Gasteiger partial charge in [-0.15, -0.1) is 0 Å². The molecule has 0 fully saturated rings. The molecule has 0 bridgehead atoms. The van der Waals surface area contributed by atoms with Gasteiger partial charge >= 0.3 is 0 Å². The highest BCUT2D eigenvalue weighted by atomic mass is 16.5. The fourth-order valence-electron chi connectivity index (χ4n) is 2.29. The second-order valence-electron chi connectivity index (χ2n) is 5.44. The topological polar surface area (TPSA) is 80.3 Å². The molecule has 0 saturated carbocycles. The minimum absolute atomic E-state index is 0.244. The van der Waals surface area contributed by atoms with Crippen molar-refractivity contribution in [3.63, 3.8) is 0 Å². The van der Waals surface area contributed by atoms with Crippen molar-refractivity contribution in [3.05, 3.63) is 84.1 Å². The molecule has 0 radical (unpaired) electrons. The second-order valence-corrected chi connectivity index (χ2v) is 5.44. The number of ether oxygens (including phenoxy) is 1. The summed E-state index contributed by atoms with van der Waals surface area (Å²) < 4.78 is 5.11. The number of hydrogen-bond donors (Lipinski definition) is 2. The number of nitrogens with zero attached hydrogens (tertiary/aromatic N) is 1. The number of anilines is 2. The van der Waals surface area contributed by atoms with Crippen molar-refractivity contribution in [2.24, 2.45) is 0 Å². The zero-order valence-electron chi connectivity index (χ0n) is 14.1. The lowest BCUT2D eigenvalue weighted by Gasteiger charge is -2.08. The smallest absolute Gasteiger partial charge is 0.256 e. The van der Waals surface area contributed by atoms with Crippen LogP contribution in [0.4, 0.5) is 11.5 Å². The lowest BCUT2D eigenvalue weighted by Crippen LogP contribution is -2.14. The SMILES string of the molecule is COc1cccc(C(=O)Nc2ccc(NC(=O)c3ccccc3)nc2)c1. The first-order valence-electron chi connectivity index (χ1n) is 7.93. The number of hydrogen-bond acceptors (Lipinski definition) is 4. The van der Waals surface area contributed by atoms with E-state index in [0.717, 1.165) is 0 Å². The van der Waals surface area contributed by atoms with Crippen molar-refractivity contribution in [1.82, 2.24) is 4.98 Å². The van der Waals surface area contributed by atoms with E-state index in [9.17, 15) is 9.59 Å². The largest absolute Gasteiger partial charge is 0.497 e. The van der Waals surface area contributed by atoms with E-state index >= 15 is 0 Å². The normalized spacial score (nSPS) is 10.0. The van der Waals surface area contributed by atoms with Crippen molar-refractivity contribution in [3.8, 4) is 5.75 Å². The summed E-state index contributed by atoms with van der Waals surface area (Å²) in [6, 6.07) is 19.0. The highest BCUT2D eigenvalue weighted by Gasteiger charge is 2.09. The fourth-order valence-corrected chi connectivity index (χ4v) is 2.29. The minimum Gasteiger partial charge on any atom is -0.497 e. The molecule has 2 aromatic carbocycles. The zero-order chi connectivity index (χ0) is 18.4. The van der Waals surface area contributed by atoms with Crippen LogP contribution in [0.1, 0.15) is 20.7 Å². The number of rotatable bonds is 5. The van der Waals surface area contributed by atoms with E-state index in [1.807, 2.05) is 6.07 Å². The highest BCUT2D eigenvalue weighted by Crippen LogP contribution is 2.16. The molecule has 6 heteroatoms. The van der Waals surface area contributed by atoms with E-state index in [1.54, 1.807) is 67.8 Å². The van der Waals surface area contributed by atoms with Crippen molar-refractivity contribution in [2.45, 2.75) is 0 Å². The number of carbonyl (C=O) groups excluding carboxylic acids is 2. The van der Waals surface area contributed by atoms with E-state index in [2.05, 4.69) is 15.6 Å². The summed E-state index contributed by atoms with van der Waals surface area (Å²) in [5.41, 5.74) is 1.55. The van der Waals surface area contributed by atoms with E-state index in [4.69, 9.17) is 4.74 Å². The van der Waals surface area contributed by atoms with Gasteiger partial charge in [-0.05, 0) is 42.5 Å². The third-order valence-electron chi connectivity index (χ3n) is 3.63. The van der Waals surface area contributed by atoms with Gasteiger partial charge in [-0.1, -0.05) is 24.3 Å². The molecule has 2 N–H and O–H groups in total. The summed E-state index contributed by atoms with van der Waals surface area (Å²) in [4.78, 5) is 28.5. The van der Waals surface area contributed by atoms with Crippen LogP contribution in [0.25, 0.3) is 0 Å². The molecule has 1 heterocycles. The number of carbonyl (C=O) groups is 2. The van der Waals surface area contributed by atoms with Crippen molar-refractivity contribution >= 4 is 23.3 Å². The lowest BCUT2D eigenvalue weighted by molar-refractivity contribution is 0.101. The second kappa shape index (κ2) is 7.94. The predicted molar refractivity (Wildman–Crippen MR) is 99.6 cm³/mol. The summed E-state index contributed by atoms with van der Waals surface area (Å²) in [6.45, 7) is 0. The number of aromatic nitrogens is 1. The van der Waals surface area contributed by atoms with E-state index < -0.39 is 0 Å². The molecule has 0 spiro atoms. The van der Waals surface area contributed by atoms with Crippen molar-refractivity contribution < 1.29 is 14.3 Å². The molecule has 0 saturated heterocycles. The van der Waals surface area contributed by atoms with Crippen LogP contribution >= 0.6 is 0 Å². The van der Waals surface area contributed by atoms with Gasteiger partial charge in [0.2, 0.25) is 0 Å². The zero-order valence-corrected chi connectivity index (χ0v) is 14.1. The molecule has 0 aliphatic heterocycles. The maximum absolute atomic E-state index is 12.3. The number of pyridine rings is 1. The molecule has 0 unspecified atom stereocenters.